The molecule has 0 bridgehead atoms. The summed E-state index contributed by atoms with van der Waals surface area (Å²) in [4.78, 5) is 12.4. The highest BCUT2D eigenvalue weighted by molar-refractivity contribution is 9.10. The van der Waals surface area contributed by atoms with E-state index in [1.165, 1.54) is 30.0 Å². The fraction of sp³-hybridized carbons (Fsp3) is 0.0714. The van der Waals surface area contributed by atoms with Crippen LogP contribution in [0.25, 0.3) is 0 Å². The first-order valence-corrected chi connectivity index (χ1v) is 7.76. The topological polar surface area (TPSA) is 81.1 Å². The van der Waals surface area contributed by atoms with Gasteiger partial charge >= 0.3 is 0 Å². The third-order valence-corrected chi connectivity index (χ3v) is 4.82. The zero-order valence-corrected chi connectivity index (χ0v) is 13.3. The second kappa shape index (κ2) is 6.93. The number of anilines is 1. The first-order chi connectivity index (χ1) is 10.0. The Labute approximate surface area is 134 Å². The number of thioether (sulfide) groups is 1. The molecule has 2 rings (SSSR count). The predicted molar refractivity (Wildman–Crippen MR) is 86.2 cm³/mol. The van der Waals surface area contributed by atoms with Crippen LogP contribution in [0.5, 0.6) is 0 Å². The minimum Gasteiger partial charge on any atom is -0.399 e. The van der Waals surface area contributed by atoms with Crippen molar-refractivity contribution < 1.29 is 9.18 Å². The van der Waals surface area contributed by atoms with E-state index in [9.17, 15) is 9.18 Å². The van der Waals surface area contributed by atoms with E-state index in [4.69, 9.17) is 11.6 Å². The molecular formula is C14H13BrFN3OS. The molecule has 110 valence electrons. The van der Waals surface area contributed by atoms with Gasteiger partial charge in [0.2, 0.25) is 0 Å². The lowest BCUT2D eigenvalue weighted by Gasteiger charge is -2.08. The van der Waals surface area contributed by atoms with E-state index < -0.39 is 5.91 Å². The van der Waals surface area contributed by atoms with Gasteiger partial charge in [-0.1, -0.05) is 0 Å². The van der Waals surface area contributed by atoms with Crippen molar-refractivity contribution in [2.75, 3.05) is 5.73 Å². The number of rotatable bonds is 4. The molecule has 0 saturated heterocycles. The number of hydrogen-bond acceptors (Lipinski definition) is 4. The standard InChI is InChI=1S/C14H13BrFN3OS/c15-11-6-10(17)2-4-13(11)21-7-9-5-8(14(20)19-18)1-3-12(9)16/h1-6H,7,17-18H2,(H,19,20). The SMILES string of the molecule is NNC(=O)c1ccc(F)c(CSc2ccc(N)cc2Br)c1. The largest absolute Gasteiger partial charge is 0.399 e. The maximum absolute atomic E-state index is 13.8. The Kier molecular flexibility index (Phi) is 5.22. The molecule has 4 nitrogen and oxygen atoms in total. The van der Waals surface area contributed by atoms with Crippen LogP contribution in [0.4, 0.5) is 10.1 Å². The normalized spacial score (nSPS) is 10.4. The average molecular weight is 370 g/mol. The van der Waals surface area contributed by atoms with E-state index in [0.717, 1.165) is 9.37 Å². The summed E-state index contributed by atoms with van der Waals surface area (Å²) in [6, 6.07) is 9.58. The molecule has 0 aliphatic heterocycles. The van der Waals surface area contributed by atoms with Gasteiger partial charge in [-0.25, -0.2) is 10.2 Å². The van der Waals surface area contributed by atoms with Gasteiger partial charge < -0.3 is 5.73 Å². The van der Waals surface area contributed by atoms with Crippen LogP contribution in [-0.2, 0) is 5.75 Å². The van der Waals surface area contributed by atoms with Gasteiger partial charge in [0.1, 0.15) is 5.82 Å². The first-order valence-electron chi connectivity index (χ1n) is 5.98. The third kappa shape index (κ3) is 3.96. The van der Waals surface area contributed by atoms with Crippen molar-refractivity contribution in [2.24, 2.45) is 5.84 Å². The Morgan fingerprint density at radius 1 is 1.29 bits per heavy atom. The predicted octanol–water partition coefficient (Wildman–Crippen LogP) is 3.07. The Morgan fingerprint density at radius 3 is 2.71 bits per heavy atom. The second-order valence-electron chi connectivity index (χ2n) is 4.26. The molecule has 0 radical (unpaired) electrons. The van der Waals surface area contributed by atoms with Crippen LogP contribution in [0.2, 0.25) is 0 Å². The number of halogens is 2. The van der Waals surface area contributed by atoms with Crippen LogP contribution in [0, 0.1) is 5.82 Å². The molecule has 5 N–H and O–H groups in total. The maximum Gasteiger partial charge on any atom is 0.265 e. The summed E-state index contributed by atoms with van der Waals surface area (Å²) in [7, 11) is 0. The number of hydrogen-bond donors (Lipinski definition) is 3. The van der Waals surface area contributed by atoms with Gasteiger partial charge in [-0.2, -0.15) is 0 Å². The van der Waals surface area contributed by atoms with Gasteiger partial charge in [-0.05, 0) is 57.9 Å². The van der Waals surface area contributed by atoms with E-state index in [2.05, 4.69) is 15.9 Å². The van der Waals surface area contributed by atoms with Crippen molar-refractivity contribution in [3.63, 3.8) is 0 Å². The molecule has 0 aliphatic carbocycles. The van der Waals surface area contributed by atoms with Crippen LogP contribution in [0.1, 0.15) is 15.9 Å². The quantitative estimate of drug-likeness (QED) is 0.254. The van der Waals surface area contributed by atoms with Crippen molar-refractivity contribution in [1.82, 2.24) is 5.43 Å². The van der Waals surface area contributed by atoms with E-state index in [1.807, 2.05) is 11.5 Å². The van der Waals surface area contributed by atoms with Gasteiger partial charge in [-0.3, -0.25) is 10.2 Å². The summed E-state index contributed by atoms with van der Waals surface area (Å²) in [5.41, 5.74) is 9.11. The van der Waals surface area contributed by atoms with Crippen LogP contribution in [-0.4, -0.2) is 5.91 Å². The molecule has 7 heteroatoms. The number of hydrazine groups is 1. The highest BCUT2D eigenvalue weighted by atomic mass is 79.9. The number of nitrogen functional groups attached to an aromatic ring is 2. The van der Waals surface area contributed by atoms with Crippen molar-refractivity contribution in [3.8, 4) is 0 Å². The summed E-state index contributed by atoms with van der Waals surface area (Å²) in [5, 5.41) is 0. The summed E-state index contributed by atoms with van der Waals surface area (Å²) in [6.45, 7) is 0. The minimum atomic E-state index is -0.449. The molecule has 0 spiro atoms. The van der Waals surface area contributed by atoms with Crippen molar-refractivity contribution in [3.05, 3.63) is 57.8 Å². The Hall–Kier alpha value is -1.57. The van der Waals surface area contributed by atoms with Crippen LogP contribution < -0.4 is 17.0 Å². The number of nitrogens with two attached hydrogens (primary N) is 2. The van der Waals surface area contributed by atoms with E-state index in [-0.39, 0.29) is 5.82 Å². The van der Waals surface area contributed by atoms with E-state index in [0.29, 0.717) is 22.6 Å². The van der Waals surface area contributed by atoms with E-state index in [1.54, 1.807) is 12.1 Å². The molecule has 2 aromatic rings. The van der Waals surface area contributed by atoms with Crippen LogP contribution >= 0.6 is 27.7 Å². The summed E-state index contributed by atoms with van der Waals surface area (Å²) in [6.07, 6.45) is 0. The molecule has 0 aromatic heterocycles. The highest BCUT2D eigenvalue weighted by Gasteiger charge is 2.10. The van der Waals surface area contributed by atoms with Gasteiger partial charge in [0.15, 0.2) is 0 Å². The smallest absolute Gasteiger partial charge is 0.265 e. The highest BCUT2D eigenvalue weighted by Crippen LogP contribution is 2.32. The average Bonchev–Trinajstić information content (AvgIpc) is 2.47. The number of carbonyl (C=O) groups excluding carboxylic acids is 1. The molecule has 0 saturated carbocycles. The monoisotopic (exact) mass is 369 g/mol. The Balaban J connectivity index is 2.17. The molecule has 0 heterocycles. The van der Waals surface area contributed by atoms with Gasteiger partial charge in [0.25, 0.3) is 5.91 Å². The number of benzene rings is 2. The van der Waals surface area contributed by atoms with Gasteiger partial charge in [0, 0.05) is 26.4 Å². The Bertz CT molecular complexity index is 681. The van der Waals surface area contributed by atoms with Crippen LogP contribution in [0.3, 0.4) is 0 Å². The third-order valence-electron chi connectivity index (χ3n) is 2.78. The van der Waals surface area contributed by atoms with Crippen molar-refractivity contribution >= 4 is 39.3 Å². The summed E-state index contributed by atoms with van der Waals surface area (Å²) < 4.78 is 14.6. The molecule has 0 unspecified atom stereocenters. The van der Waals surface area contributed by atoms with Crippen molar-refractivity contribution in [1.29, 1.82) is 0 Å². The fourth-order valence-corrected chi connectivity index (χ4v) is 3.33. The second-order valence-corrected chi connectivity index (χ2v) is 6.13. The first kappa shape index (κ1) is 15.8. The molecule has 0 fully saturated rings. The Morgan fingerprint density at radius 2 is 2.05 bits per heavy atom. The summed E-state index contributed by atoms with van der Waals surface area (Å²) >= 11 is 4.86. The maximum atomic E-state index is 13.8. The molecule has 1 amide bonds. The van der Waals surface area contributed by atoms with Gasteiger partial charge in [-0.15, -0.1) is 11.8 Å². The summed E-state index contributed by atoms with van der Waals surface area (Å²) in [5.74, 6) is 4.66. The molecule has 0 atom stereocenters. The zero-order chi connectivity index (χ0) is 15.4. The lowest BCUT2D eigenvalue weighted by molar-refractivity contribution is 0.0953. The number of carbonyl (C=O) groups is 1. The van der Waals surface area contributed by atoms with Gasteiger partial charge in [0.05, 0.1) is 0 Å². The number of amides is 1. The zero-order valence-electron chi connectivity index (χ0n) is 10.9. The lowest BCUT2D eigenvalue weighted by atomic mass is 10.1. The molecule has 0 aliphatic rings. The minimum absolute atomic E-state index is 0.325. The fourth-order valence-electron chi connectivity index (χ4n) is 1.70. The number of nitrogens with one attached hydrogen (secondary N) is 1. The molecule has 2 aromatic carbocycles. The molecular weight excluding hydrogens is 357 g/mol. The van der Waals surface area contributed by atoms with Crippen molar-refractivity contribution in [2.45, 2.75) is 10.6 Å². The molecule has 21 heavy (non-hydrogen) atoms. The van der Waals surface area contributed by atoms with Crippen LogP contribution in [0.15, 0.2) is 45.8 Å². The van der Waals surface area contributed by atoms with E-state index >= 15 is 0 Å². The lowest BCUT2D eigenvalue weighted by Crippen LogP contribution is -2.30.